The monoisotopic (exact) mass is 356 g/mol. The minimum Gasteiger partial charge on any atom is -0.411 e. The van der Waals surface area contributed by atoms with E-state index < -0.39 is 8.32 Å². The molecule has 1 nitrogen and oxygen atoms in total. The van der Waals surface area contributed by atoms with Gasteiger partial charge >= 0.3 is 0 Å². The Morgan fingerprint density at radius 1 is 0.857 bits per heavy atom. The van der Waals surface area contributed by atoms with Gasteiger partial charge in [0.2, 0.25) is 0 Å². The average Bonchev–Trinajstić information content (AvgIpc) is 2.54. The molecule has 0 aliphatic rings. The van der Waals surface area contributed by atoms with Crippen LogP contribution in [0.15, 0.2) is 71.2 Å². The zero-order valence-electron chi connectivity index (χ0n) is 12.1. The van der Waals surface area contributed by atoms with Crippen molar-refractivity contribution >= 4 is 45.4 Å². The molecule has 0 saturated heterocycles. The smallest absolute Gasteiger partial charge is 0.252 e. The van der Waals surface area contributed by atoms with Gasteiger partial charge in [-0.05, 0) is 39.8 Å². The third kappa shape index (κ3) is 2.57. The van der Waals surface area contributed by atoms with Crippen molar-refractivity contribution < 1.29 is 4.43 Å². The van der Waals surface area contributed by atoms with Crippen LogP contribution in [-0.2, 0) is 4.43 Å². The summed E-state index contributed by atoms with van der Waals surface area (Å²) < 4.78 is 7.18. The molecule has 0 bridgehead atoms. The van der Waals surface area contributed by atoms with Gasteiger partial charge in [0.15, 0.2) is 0 Å². The summed E-state index contributed by atoms with van der Waals surface area (Å²) in [4.78, 5) is 0. The van der Waals surface area contributed by atoms with Crippen molar-refractivity contribution in [1.29, 1.82) is 0 Å². The minimum absolute atomic E-state index is 1.09. The SMILES string of the molecule is CO[Si](C)(c1ccc(Br)cc1)c1cccc2ccccc12. The summed E-state index contributed by atoms with van der Waals surface area (Å²) in [6.45, 7) is 2.26. The van der Waals surface area contributed by atoms with Crippen LogP contribution in [0.5, 0.6) is 0 Å². The van der Waals surface area contributed by atoms with Crippen LogP contribution in [0.25, 0.3) is 10.8 Å². The molecule has 3 heteroatoms. The molecule has 0 aromatic heterocycles. The number of hydrogen-bond acceptors (Lipinski definition) is 1. The van der Waals surface area contributed by atoms with Crippen LogP contribution in [0, 0.1) is 0 Å². The van der Waals surface area contributed by atoms with Gasteiger partial charge in [0, 0.05) is 11.6 Å². The first kappa shape index (κ1) is 14.5. The van der Waals surface area contributed by atoms with Gasteiger partial charge in [-0.15, -0.1) is 0 Å². The van der Waals surface area contributed by atoms with Gasteiger partial charge in [-0.3, -0.25) is 0 Å². The van der Waals surface area contributed by atoms with Gasteiger partial charge in [0.05, 0.1) is 0 Å². The van der Waals surface area contributed by atoms with Gasteiger partial charge < -0.3 is 4.43 Å². The lowest BCUT2D eigenvalue weighted by molar-refractivity contribution is 0.422. The highest BCUT2D eigenvalue weighted by atomic mass is 79.9. The number of hydrogen-bond donors (Lipinski definition) is 0. The number of rotatable bonds is 3. The Balaban J connectivity index is 2.24. The summed E-state index contributed by atoms with van der Waals surface area (Å²) in [6.07, 6.45) is 0. The molecule has 21 heavy (non-hydrogen) atoms. The van der Waals surface area contributed by atoms with E-state index in [2.05, 4.69) is 89.2 Å². The van der Waals surface area contributed by atoms with Crippen LogP contribution < -0.4 is 10.4 Å². The van der Waals surface area contributed by atoms with E-state index in [4.69, 9.17) is 4.43 Å². The van der Waals surface area contributed by atoms with Crippen molar-refractivity contribution in [2.24, 2.45) is 0 Å². The maximum Gasteiger partial charge on any atom is 0.252 e. The van der Waals surface area contributed by atoms with E-state index >= 15 is 0 Å². The zero-order valence-corrected chi connectivity index (χ0v) is 14.7. The number of benzene rings is 3. The maximum atomic E-state index is 6.08. The molecule has 0 amide bonds. The van der Waals surface area contributed by atoms with Crippen LogP contribution in [0.3, 0.4) is 0 Å². The van der Waals surface area contributed by atoms with E-state index in [1.807, 2.05) is 7.11 Å². The molecule has 3 rings (SSSR count). The Kier molecular flexibility index (Phi) is 3.98. The summed E-state index contributed by atoms with van der Waals surface area (Å²) in [6, 6.07) is 23.5. The van der Waals surface area contributed by atoms with Gasteiger partial charge in [-0.2, -0.15) is 0 Å². The van der Waals surface area contributed by atoms with Crippen molar-refractivity contribution in [2.75, 3.05) is 7.11 Å². The van der Waals surface area contributed by atoms with Crippen LogP contribution in [0.1, 0.15) is 0 Å². The highest BCUT2D eigenvalue weighted by Gasteiger charge is 2.34. The first-order chi connectivity index (χ1) is 10.1. The van der Waals surface area contributed by atoms with Gasteiger partial charge in [-0.1, -0.05) is 70.5 Å². The Morgan fingerprint density at radius 3 is 2.24 bits per heavy atom. The molecule has 0 spiro atoms. The second kappa shape index (κ2) is 5.76. The van der Waals surface area contributed by atoms with E-state index in [-0.39, 0.29) is 0 Å². The van der Waals surface area contributed by atoms with Gasteiger partial charge in [-0.25, -0.2) is 0 Å². The molecule has 0 N–H and O–H groups in total. The molecule has 106 valence electrons. The third-order valence-corrected chi connectivity index (χ3v) is 8.35. The average molecular weight is 357 g/mol. The lowest BCUT2D eigenvalue weighted by Gasteiger charge is -2.27. The quantitative estimate of drug-likeness (QED) is 0.646. The maximum absolute atomic E-state index is 6.08. The Morgan fingerprint density at radius 2 is 1.52 bits per heavy atom. The Bertz CT molecular complexity index is 764. The largest absolute Gasteiger partial charge is 0.411 e. The van der Waals surface area contributed by atoms with Gasteiger partial charge in [0.25, 0.3) is 8.32 Å². The molecule has 0 saturated carbocycles. The molecule has 1 atom stereocenters. The highest BCUT2D eigenvalue weighted by Crippen LogP contribution is 2.17. The zero-order chi connectivity index (χ0) is 14.9. The Hall–Kier alpha value is -1.42. The van der Waals surface area contributed by atoms with E-state index in [0.717, 1.165) is 4.47 Å². The first-order valence-corrected chi connectivity index (χ1v) is 10.1. The lowest BCUT2D eigenvalue weighted by Crippen LogP contribution is -2.57. The fourth-order valence-electron chi connectivity index (χ4n) is 2.79. The first-order valence-electron chi connectivity index (χ1n) is 6.94. The van der Waals surface area contributed by atoms with Crippen LogP contribution in [0.4, 0.5) is 0 Å². The highest BCUT2D eigenvalue weighted by molar-refractivity contribution is 9.10. The minimum atomic E-state index is -2.18. The molecule has 0 aliphatic heterocycles. The molecule has 3 aromatic carbocycles. The second-order valence-corrected chi connectivity index (χ2v) is 9.78. The molecule has 0 aliphatic carbocycles. The van der Waals surface area contributed by atoms with Gasteiger partial charge in [0.1, 0.15) is 0 Å². The van der Waals surface area contributed by atoms with E-state index in [1.165, 1.54) is 21.1 Å². The van der Waals surface area contributed by atoms with E-state index in [9.17, 15) is 0 Å². The molecule has 0 fully saturated rings. The number of halogens is 1. The predicted octanol–water partition coefficient (Wildman–Crippen LogP) is 3.94. The summed E-state index contributed by atoms with van der Waals surface area (Å²) in [5, 5.41) is 5.16. The van der Waals surface area contributed by atoms with Crippen LogP contribution >= 0.6 is 15.9 Å². The standard InChI is InChI=1S/C18H17BrOSi/c1-20-21(2,16-12-10-15(19)11-13-16)18-9-5-7-14-6-3-4-8-17(14)18/h3-13H,1-2H3. The van der Waals surface area contributed by atoms with Crippen LogP contribution in [-0.4, -0.2) is 15.4 Å². The topological polar surface area (TPSA) is 9.23 Å². The lowest BCUT2D eigenvalue weighted by atomic mass is 10.1. The fraction of sp³-hybridized carbons (Fsp3) is 0.111. The normalized spacial score (nSPS) is 14.0. The second-order valence-electron chi connectivity index (χ2n) is 5.27. The summed E-state index contributed by atoms with van der Waals surface area (Å²) in [5.74, 6) is 0. The molecule has 3 aromatic rings. The van der Waals surface area contributed by atoms with Crippen molar-refractivity contribution in [2.45, 2.75) is 6.55 Å². The van der Waals surface area contributed by atoms with Crippen LogP contribution in [0.2, 0.25) is 6.55 Å². The Labute approximate surface area is 134 Å². The van der Waals surface area contributed by atoms with Crippen molar-refractivity contribution in [3.05, 3.63) is 71.2 Å². The van der Waals surface area contributed by atoms with Crippen molar-refractivity contribution in [3.8, 4) is 0 Å². The summed E-state index contributed by atoms with van der Waals surface area (Å²) >= 11 is 3.50. The third-order valence-electron chi connectivity index (χ3n) is 4.11. The molecule has 0 radical (unpaired) electrons. The number of fused-ring (bicyclic) bond motifs is 1. The van der Waals surface area contributed by atoms with E-state index in [1.54, 1.807) is 0 Å². The fourth-order valence-corrected chi connectivity index (χ4v) is 5.78. The predicted molar refractivity (Wildman–Crippen MR) is 96.0 cm³/mol. The summed E-state index contributed by atoms with van der Waals surface area (Å²) in [7, 11) is -0.354. The molecular weight excluding hydrogens is 340 g/mol. The van der Waals surface area contributed by atoms with Crippen molar-refractivity contribution in [1.82, 2.24) is 0 Å². The molecular formula is C18H17BrOSi. The summed E-state index contributed by atoms with van der Waals surface area (Å²) in [5.41, 5.74) is 0. The van der Waals surface area contributed by atoms with E-state index in [0.29, 0.717) is 0 Å². The van der Waals surface area contributed by atoms with Crippen molar-refractivity contribution in [3.63, 3.8) is 0 Å². The molecule has 1 unspecified atom stereocenters. The molecule has 0 heterocycles.